The van der Waals surface area contributed by atoms with Crippen LogP contribution >= 0.6 is 15.9 Å². The van der Waals surface area contributed by atoms with Crippen LogP contribution in [0.15, 0.2) is 74.0 Å². The van der Waals surface area contributed by atoms with Gasteiger partial charge in [0.15, 0.2) is 10.4 Å². The topological polar surface area (TPSA) is 128 Å². The van der Waals surface area contributed by atoms with Crippen LogP contribution in [-0.2, 0) is 11.3 Å². The number of nitro groups is 1. The van der Waals surface area contributed by atoms with Crippen molar-refractivity contribution < 1.29 is 23.3 Å². The van der Waals surface area contributed by atoms with Crippen LogP contribution < -0.4 is 10.6 Å². The summed E-state index contributed by atoms with van der Waals surface area (Å²) in [5, 5.41) is 16.1. The summed E-state index contributed by atoms with van der Waals surface area (Å²) in [5.41, 5.74) is 0.105. The Labute approximate surface area is 172 Å². The van der Waals surface area contributed by atoms with Gasteiger partial charge in [-0.05, 0) is 51.8 Å². The number of furan rings is 2. The zero-order valence-corrected chi connectivity index (χ0v) is 16.3. The van der Waals surface area contributed by atoms with Crippen LogP contribution in [0.5, 0.6) is 0 Å². The zero-order chi connectivity index (χ0) is 20.8. The second-order valence-corrected chi connectivity index (χ2v) is 6.51. The first-order valence-corrected chi connectivity index (χ1v) is 9.05. The number of amides is 2. The van der Waals surface area contributed by atoms with Gasteiger partial charge < -0.3 is 19.5 Å². The predicted molar refractivity (Wildman–Crippen MR) is 106 cm³/mol. The van der Waals surface area contributed by atoms with Crippen LogP contribution in [-0.4, -0.2) is 16.7 Å². The van der Waals surface area contributed by atoms with Crippen LogP contribution in [0.3, 0.4) is 0 Å². The molecule has 0 atom stereocenters. The largest absolute Gasteiger partial charge is 0.467 e. The van der Waals surface area contributed by atoms with Crippen molar-refractivity contribution in [2.45, 2.75) is 6.54 Å². The van der Waals surface area contributed by atoms with E-state index in [2.05, 4.69) is 26.6 Å². The third-order valence-electron chi connectivity index (χ3n) is 3.69. The summed E-state index contributed by atoms with van der Waals surface area (Å²) in [4.78, 5) is 35.5. The number of hydrogen-bond donors (Lipinski definition) is 2. The van der Waals surface area contributed by atoms with Crippen LogP contribution in [0.4, 0.5) is 5.69 Å². The van der Waals surface area contributed by atoms with E-state index >= 15 is 0 Å². The molecular weight excluding hydrogens is 446 g/mol. The molecule has 9 nitrogen and oxygen atoms in total. The van der Waals surface area contributed by atoms with Crippen molar-refractivity contribution in [3.63, 3.8) is 0 Å². The number of non-ortho nitro benzene ring substituents is 1. The zero-order valence-electron chi connectivity index (χ0n) is 14.8. The summed E-state index contributed by atoms with van der Waals surface area (Å²) >= 11 is 3.10. The highest BCUT2D eigenvalue weighted by molar-refractivity contribution is 9.10. The van der Waals surface area contributed by atoms with E-state index in [0.29, 0.717) is 16.0 Å². The molecule has 0 fully saturated rings. The van der Waals surface area contributed by atoms with E-state index in [-0.39, 0.29) is 23.7 Å². The number of nitrogens with one attached hydrogen (secondary N) is 2. The molecule has 10 heteroatoms. The van der Waals surface area contributed by atoms with E-state index in [1.54, 1.807) is 18.2 Å². The fourth-order valence-corrected chi connectivity index (χ4v) is 2.66. The van der Waals surface area contributed by atoms with Crippen molar-refractivity contribution in [3.05, 3.63) is 92.4 Å². The molecule has 2 amide bonds. The lowest BCUT2D eigenvalue weighted by atomic mass is 10.1. The highest BCUT2D eigenvalue weighted by atomic mass is 79.9. The molecular formula is C19H14BrN3O6. The fourth-order valence-electron chi connectivity index (χ4n) is 2.35. The van der Waals surface area contributed by atoms with Crippen molar-refractivity contribution in [1.82, 2.24) is 10.6 Å². The number of benzene rings is 1. The molecule has 1 aromatic carbocycles. The molecule has 0 aliphatic rings. The molecule has 3 rings (SSSR count). The number of carbonyl (C=O) groups excluding carboxylic acids is 2. The maximum Gasteiger partial charge on any atom is 0.291 e. The van der Waals surface area contributed by atoms with Crippen LogP contribution in [0.25, 0.3) is 6.08 Å². The lowest BCUT2D eigenvalue weighted by Gasteiger charge is -2.09. The van der Waals surface area contributed by atoms with Gasteiger partial charge in [0.05, 0.1) is 17.7 Å². The first-order valence-electron chi connectivity index (χ1n) is 8.26. The highest BCUT2D eigenvalue weighted by Crippen LogP contribution is 2.17. The summed E-state index contributed by atoms with van der Waals surface area (Å²) < 4.78 is 10.7. The van der Waals surface area contributed by atoms with Gasteiger partial charge in [-0.1, -0.05) is 12.1 Å². The van der Waals surface area contributed by atoms with Crippen molar-refractivity contribution in [3.8, 4) is 0 Å². The van der Waals surface area contributed by atoms with Gasteiger partial charge in [-0.25, -0.2) is 0 Å². The first kappa shape index (κ1) is 20.1. The molecule has 148 valence electrons. The van der Waals surface area contributed by atoms with Crippen molar-refractivity contribution in [2.24, 2.45) is 0 Å². The predicted octanol–water partition coefficient (Wildman–Crippen LogP) is 3.63. The van der Waals surface area contributed by atoms with E-state index in [1.165, 1.54) is 42.7 Å². The minimum atomic E-state index is -0.652. The number of halogens is 1. The Bertz CT molecular complexity index is 1070. The molecule has 29 heavy (non-hydrogen) atoms. The van der Waals surface area contributed by atoms with Gasteiger partial charge in [0.1, 0.15) is 11.5 Å². The molecule has 0 unspecified atom stereocenters. The Morgan fingerprint density at radius 3 is 2.66 bits per heavy atom. The molecule has 0 saturated heterocycles. The number of rotatable bonds is 7. The van der Waals surface area contributed by atoms with Gasteiger partial charge >= 0.3 is 0 Å². The van der Waals surface area contributed by atoms with Crippen LogP contribution in [0.2, 0.25) is 0 Å². The normalized spacial score (nSPS) is 11.1. The second kappa shape index (κ2) is 9.02. The van der Waals surface area contributed by atoms with E-state index in [9.17, 15) is 19.7 Å². The van der Waals surface area contributed by atoms with Crippen molar-refractivity contribution >= 4 is 39.5 Å². The Hall–Kier alpha value is -3.66. The molecule has 0 bridgehead atoms. The maximum atomic E-state index is 12.6. The van der Waals surface area contributed by atoms with Gasteiger partial charge in [-0.2, -0.15) is 0 Å². The number of carbonyl (C=O) groups is 2. The smallest absolute Gasteiger partial charge is 0.291 e. The summed E-state index contributed by atoms with van der Waals surface area (Å²) in [6, 6.07) is 12.0. The molecule has 0 aliphatic heterocycles. The van der Waals surface area contributed by atoms with Crippen molar-refractivity contribution in [2.75, 3.05) is 0 Å². The Morgan fingerprint density at radius 2 is 2.00 bits per heavy atom. The number of hydrogen-bond acceptors (Lipinski definition) is 6. The summed E-state index contributed by atoms with van der Waals surface area (Å²) in [5.74, 6) is -0.748. The minimum Gasteiger partial charge on any atom is -0.467 e. The minimum absolute atomic E-state index is 0.0133. The van der Waals surface area contributed by atoms with Gasteiger partial charge in [-0.15, -0.1) is 0 Å². The Kier molecular flexibility index (Phi) is 6.25. The summed E-state index contributed by atoms with van der Waals surface area (Å²) in [7, 11) is 0. The van der Waals surface area contributed by atoms with Gasteiger partial charge in [0.2, 0.25) is 0 Å². The molecule has 2 aromatic heterocycles. The monoisotopic (exact) mass is 459 g/mol. The number of nitrogens with zero attached hydrogens (tertiary/aromatic N) is 1. The molecule has 3 aromatic rings. The Morgan fingerprint density at radius 1 is 1.17 bits per heavy atom. The molecule has 0 radical (unpaired) electrons. The third-order valence-corrected chi connectivity index (χ3v) is 4.11. The molecule has 0 aliphatic carbocycles. The average molecular weight is 460 g/mol. The Balaban J connectivity index is 1.85. The quantitative estimate of drug-likeness (QED) is 0.315. The average Bonchev–Trinajstić information content (AvgIpc) is 3.37. The van der Waals surface area contributed by atoms with E-state index in [4.69, 9.17) is 8.83 Å². The first-order chi connectivity index (χ1) is 13.9. The van der Waals surface area contributed by atoms with Gasteiger partial charge in [0, 0.05) is 12.1 Å². The highest BCUT2D eigenvalue weighted by Gasteiger charge is 2.18. The van der Waals surface area contributed by atoms with E-state index in [0.717, 1.165) is 0 Å². The standard InChI is InChI=1S/C19H14BrN3O6/c20-17-7-6-16(29-17)19(25)22-15(18(24)21-11-14-5-2-8-28-14)10-12-3-1-4-13(9-12)23(26)27/h1-10H,11H2,(H,21,24)(H,22,25). The van der Waals surface area contributed by atoms with Crippen LogP contribution in [0, 0.1) is 10.1 Å². The maximum absolute atomic E-state index is 12.6. The lowest BCUT2D eigenvalue weighted by molar-refractivity contribution is -0.384. The van der Waals surface area contributed by atoms with Gasteiger partial charge in [-0.3, -0.25) is 19.7 Å². The molecule has 0 saturated carbocycles. The summed E-state index contributed by atoms with van der Waals surface area (Å²) in [6.45, 7) is 0.0975. The second-order valence-electron chi connectivity index (χ2n) is 5.73. The molecule has 0 spiro atoms. The molecule has 2 heterocycles. The third kappa shape index (κ3) is 5.42. The number of nitro benzene ring substituents is 1. The molecule has 2 N–H and O–H groups in total. The SMILES string of the molecule is O=C(NCc1ccco1)C(=Cc1cccc([N+](=O)[O-])c1)NC(=O)c1ccc(Br)o1. The van der Waals surface area contributed by atoms with Gasteiger partial charge in [0.25, 0.3) is 17.5 Å². The van der Waals surface area contributed by atoms with Crippen molar-refractivity contribution in [1.29, 1.82) is 0 Å². The fraction of sp³-hybridized carbons (Fsp3) is 0.0526. The summed E-state index contributed by atoms with van der Waals surface area (Å²) in [6.07, 6.45) is 2.80. The van der Waals surface area contributed by atoms with E-state index in [1.807, 2.05) is 0 Å². The lowest BCUT2D eigenvalue weighted by Crippen LogP contribution is -2.34. The van der Waals surface area contributed by atoms with Crippen LogP contribution in [0.1, 0.15) is 21.9 Å². The van der Waals surface area contributed by atoms with E-state index < -0.39 is 16.7 Å².